The average Bonchev–Trinajstić information content (AvgIpc) is 3.33. The fraction of sp³-hybridized carbons (Fsp3) is 0.867. The van der Waals surface area contributed by atoms with E-state index in [1.165, 1.54) is 0 Å². The summed E-state index contributed by atoms with van der Waals surface area (Å²) in [5.74, 6) is 1.40. The molecule has 2 fully saturated rings. The van der Waals surface area contributed by atoms with E-state index in [0.29, 0.717) is 12.6 Å². The number of amides is 1. The average molecular weight is 424 g/mol. The number of likely N-dealkylation sites (tertiary alicyclic amines) is 1. The number of hydrogen-bond acceptors (Lipinski definition) is 3. The molecule has 0 aromatic carbocycles. The molecule has 128 valence electrons. The van der Waals surface area contributed by atoms with Gasteiger partial charge in [0, 0.05) is 45.8 Å². The van der Waals surface area contributed by atoms with Crippen molar-refractivity contribution in [3.63, 3.8) is 0 Å². The summed E-state index contributed by atoms with van der Waals surface area (Å²) in [6.45, 7) is 6.15. The number of carbonyl (C=O) groups excluding carboxylic acids is 1. The van der Waals surface area contributed by atoms with Gasteiger partial charge < -0.3 is 20.3 Å². The third-order valence-corrected chi connectivity index (χ3v) is 4.01. The molecule has 7 heteroatoms. The zero-order chi connectivity index (χ0) is 15.1. The van der Waals surface area contributed by atoms with E-state index >= 15 is 0 Å². The lowest BCUT2D eigenvalue weighted by Gasteiger charge is -2.34. The fourth-order valence-electron chi connectivity index (χ4n) is 2.65. The van der Waals surface area contributed by atoms with E-state index in [2.05, 4.69) is 20.5 Å². The number of piperidine rings is 1. The molecule has 0 aromatic rings. The minimum atomic E-state index is 0. The Morgan fingerprint density at radius 1 is 1.18 bits per heavy atom. The molecule has 1 amide bonds. The molecular weight excluding hydrogens is 395 g/mol. The number of aliphatic imine (C=N–C) groups is 1. The molecule has 1 aliphatic carbocycles. The number of hydrogen-bond donors (Lipinski definition) is 2. The Hall–Kier alpha value is -0.570. The van der Waals surface area contributed by atoms with Crippen molar-refractivity contribution < 1.29 is 9.53 Å². The Morgan fingerprint density at radius 3 is 2.36 bits per heavy atom. The predicted octanol–water partition coefficient (Wildman–Crippen LogP) is 1.21. The molecule has 0 unspecified atom stereocenters. The topological polar surface area (TPSA) is 66.0 Å². The molecule has 0 bridgehead atoms. The van der Waals surface area contributed by atoms with E-state index < -0.39 is 0 Å². The highest BCUT2D eigenvalue weighted by Gasteiger charge is 2.29. The normalized spacial score (nSPS) is 19.5. The van der Waals surface area contributed by atoms with E-state index in [9.17, 15) is 4.79 Å². The lowest BCUT2D eigenvalue weighted by molar-refractivity contribution is -0.122. The second kappa shape index (κ2) is 10.3. The summed E-state index contributed by atoms with van der Waals surface area (Å²) in [5, 5.41) is 6.28. The highest BCUT2D eigenvalue weighted by Crippen LogP contribution is 2.28. The van der Waals surface area contributed by atoms with Crippen LogP contribution in [-0.4, -0.2) is 62.7 Å². The van der Waals surface area contributed by atoms with Gasteiger partial charge in [-0.15, -0.1) is 24.0 Å². The summed E-state index contributed by atoms with van der Waals surface area (Å²) in [6.07, 6.45) is 4.59. The quantitative estimate of drug-likeness (QED) is 0.291. The first-order valence-electron chi connectivity index (χ1n) is 8.09. The molecule has 6 nitrogen and oxygen atoms in total. The van der Waals surface area contributed by atoms with Gasteiger partial charge in [0.2, 0.25) is 5.91 Å². The molecule has 2 aliphatic rings. The summed E-state index contributed by atoms with van der Waals surface area (Å²) in [6, 6.07) is 0. The van der Waals surface area contributed by atoms with E-state index in [0.717, 1.165) is 57.9 Å². The minimum absolute atomic E-state index is 0. The van der Waals surface area contributed by atoms with Crippen LogP contribution in [0.3, 0.4) is 0 Å². The number of rotatable bonds is 6. The molecule has 2 rings (SSSR count). The summed E-state index contributed by atoms with van der Waals surface area (Å²) in [5.41, 5.74) is 0. The Labute approximate surface area is 150 Å². The molecule has 1 aliphatic heterocycles. The van der Waals surface area contributed by atoms with Crippen LogP contribution in [0.1, 0.15) is 32.6 Å². The molecule has 1 saturated carbocycles. The van der Waals surface area contributed by atoms with Gasteiger partial charge in [-0.25, -0.2) is 0 Å². The van der Waals surface area contributed by atoms with E-state index in [1.807, 2.05) is 6.92 Å². The lowest BCUT2D eigenvalue weighted by atomic mass is 10.1. The van der Waals surface area contributed by atoms with Gasteiger partial charge in [-0.3, -0.25) is 9.79 Å². The number of guanidine groups is 1. The maximum absolute atomic E-state index is 11.5. The van der Waals surface area contributed by atoms with Gasteiger partial charge in [0.15, 0.2) is 5.96 Å². The van der Waals surface area contributed by atoms with Crippen molar-refractivity contribution in [2.75, 3.05) is 39.8 Å². The van der Waals surface area contributed by atoms with Crippen molar-refractivity contribution in [1.82, 2.24) is 15.5 Å². The van der Waals surface area contributed by atoms with Gasteiger partial charge in [-0.1, -0.05) is 0 Å². The SMILES string of the molecule is CCOC1CCN(C(=NC)NCCNC(=O)C2CC2)CC1.I. The van der Waals surface area contributed by atoms with Crippen molar-refractivity contribution in [2.24, 2.45) is 10.9 Å². The highest BCUT2D eigenvalue weighted by atomic mass is 127. The lowest BCUT2D eigenvalue weighted by Crippen LogP contribution is -2.48. The van der Waals surface area contributed by atoms with Crippen LogP contribution in [0.4, 0.5) is 0 Å². The third kappa shape index (κ3) is 6.28. The Kier molecular flexibility index (Phi) is 9.08. The number of carbonyl (C=O) groups is 1. The van der Waals surface area contributed by atoms with Crippen LogP contribution in [0.5, 0.6) is 0 Å². The zero-order valence-electron chi connectivity index (χ0n) is 13.6. The van der Waals surface area contributed by atoms with E-state index in [1.54, 1.807) is 7.05 Å². The molecule has 0 spiro atoms. The smallest absolute Gasteiger partial charge is 0.223 e. The number of ether oxygens (including phenoxy) is 1. The van der Waals surface area contributed by atoms with E-state index in [-0.39, 0.29) is 35.8 Å². The van der Waals surface area contributed by atoms with E-state index in [4.69, 9.17) is 4.74 Å². The second-order valence-electron chi connectivity index (χ2n) is 5.68. The van der Waals surface area contributed by atoms with Crippen molar-refractivity contribution in [3.8, 4) is 0 Å². The van der Waals surface area contributed by atoms with Crippen LogP contribution in [0.25, 0.3) is 0 Å². The van der Waals surface area contributed by atoms with Gasteiger partial charge in [-0.05, 0) is 32.6 Å². The highest BCUT2D eigenvalue weighted by molar-refractivity contribution is 14.0. The molecule has 22 heavy (non-hydrogen) atoms. The van der Waals surface area contributed by atoms with Crippen LogP contribution >= 0.6 is 24.0 Å². The standard InChI is InChI=1S/C15H28N4O2.HI/c1-3-21-13-6-10-19(11-7-13)15(16-2)18-9-8-17-14(20)12-4-5-12;/h12-13H,3-11H2,1-2H3,(H,16,18)(H,17,20);1H. The fourth-order valence-corrected chi connectivity index (χ4v) is 2.65. The Morgan fingerprint density at radius 2 is 1.82 bits per heavy atom. The molecule has 0 radical (unpaired) electrons. The van der Waals surface area contributed by atoms with Gasteiger partial charge in [0.1, 0.15) is 0 Å². The predicted molar refractivity (Wildman–Crippen MR) is 98.7 cm³/mol. The number of nitrogens with one attached hydrogen (secondary N) is 2. The number of halogens is 1. The van der Waals surface area contributed by atoms with Crippen molar-refractivity contribution in [2.45, 2.75) is 38.7 Å². The van der Waals surface area contributed by atoms with Crippen LogP contribution in [-0.2, 0) is 9.53 Å². The first kappa shape index (κ1) is 19.5. The van der Waals surface area contributed by atoms with Crippen molar-refractivity contribution in [3.05, 3.63) is 0 Å². The molecule has 0 aromatic heterocycles. The van der Waals surface area contributed by atoms with Crippen LogP contribution < -0.4 is 10.6 Å². The first-order chi connectivity index (χ1) is 10.2. The summed E-state index contributed by atoms with van der Waals surface area (Å²) < 4.78 is 5.66. The van der Waals surface area contributed by atoms with Crippen LogP contribution in [0.15, 0.2) is 4.99 Å². The Bertz CT molecular complexity index is 367. The second-order valence-corrected chi connectivity index (χ2v) is 5.68. The summed E-state index contributed by atoms with van der Waals surface area (Å²) in [4.78, 5) is 18.1. The molecular formula is C15H29IN4O2. The third-order valence-electron chi connectivity index (χ3n) is 4.01. The first-order valence-corrected chi connectivity index (χ1v) is 8.09. The maximum atomic E-state index is 11.5. The van der Waals surface area contributed by atoms with Crippen molar-refractivity contribution in [1.29, 1.82) is 0 Å². The maximum Gasteiger partial charge on any atom is 0.223 e. The zero-order valence-corrected chi connectivity index (χ0v) is 16.0. The van der Waals surface area contributed by atoms with Gasteiger partial charge in [0.25, 0.3) is 0 Å². The van der Waals surface area contributed by atoms with Gasteiger partial charge >= 0.3 is 0 Å². The number of nitrogens with zero attached hydrogens (tertiary/aromatic N) is 2. The summed E-state index contributed by atoms with van der Waals surface area (Å²) >= 11 is 0. The monoisotopic (exact) mass is 424 g/mol. The van der Waals surface area contributed by atoms with Gasteiger partial charge in [0.05, 0.1) is 6.10 Å². The largest absolute Gasteiger partial charge is 0.378 e. The summed E-state index contributed by atoms with van der Waals surface area (Å²) in [7, 11) is 1.81. The minimum Gasteiger partial charge on any atom is -0.378 e. The van der Waals surface area contributed by atoms with Crippen molar-refractivity contribution >= 4 is 35.8 Å². The molecule has 2 N–H and O–H groups in total. The molecule has 0 atom stereocenters. The van der Waals surface area contributed by atoms with Crippen LogP contribution in [0, 0.1) is 5.92 Å². The Balaban J connectivity index is 0.00000242. The van der Waals surface area contributed by atoms with Gasteiger partial charge in [-0.2, -0.15) is 0 Å². The molecule has 1 heterocycles. The molecule has 1 saturated heterocycles. The van der Waals surface area contributed by atoms with Crippen LogP contribution in [0.2, 0.25) is 0 Å².